The summed E-state index contributed by atoms with van der Waals surface area (Å²) in [5.41, 5.74) is 6.03. The van der Waals surface area contributed by atoms with E-state index in [9.17, 15) is 4.79 Å². The Morgan fingerprint density at radius 3 is 2.57 bits per heavy atom. The molecule has 2 heterocycles. The van der Waals surface area contributed by atoms with Crippen LogP contribution < -0.4 is 4.74 Å². The van der Waals surface area contributed by atoms with Crippen LogP contribution in [-0.2, 0) is 0 Å². The Hall–Kier alpha value is -2.55. The average molecular weight is 307 g/mol. The molecule has 3 nitrogen and oxygen atoms in total. The molecule has 3 heteroatoms. The lowest BCUT2D eigenvalue weighted by molar-refractivity contribution is 0.111. The van der Waals surface area contributed by atoms with Crippen molar-refractivity contribution >= 4 is 11.8 Å². The Morgan fingerprint density at radius 1 is 1.13 bits per heavy atom. The second-order valence-electron chi connectivity index (χ2n) is 6.17. The second-order valence-corrected chi connectivity index (χ2v) is 6.17. The molecule has 3 aromatic rings. The topological polar surface area (TPSA) is 30.7 Å². The van der Waals surface area contributed by atoms with Gasteiger partial charge in [0, 0.05) is 17.3 Å². The number of aryl methyl sites for hydroxylation is 1. The van der Waals surface area contributed by atoms with Crippen molar-refractivity contribution in [2.45, 2.75) is 26.7 Å². The minimum absolute atomic E-state index is 0.351. The Bertz CT molecular complexity index is 875. The van der Waals surface area contributed by atoms with Crippen molar-refractivity contribution in [1.29, 1.82) is 0 Å². The molecule has 0 saturated carbocycles. The molecule has 1 aromatic carbocycles. The summed E-state index contributed by atoms with van der Waals surface area (Å²) in [6.45, 7) is 6.33. The molecule has 2 aromatic heterocycles. The molecule has 0 fully saturated rings. The number of pyridine rings is 1. The number of hydrogen-bond acceptors (Lipinski definition) is 2. The number of carbonyl (C=O) groups excluding carboxylic acids is 1. The number of hydrogen-bond donors (Lipinski definition) is 0. The minimum atomic E-state index is 0.351. The van der Waals surface area contributed by atoms with Crippen molar-refractivity contribution in [1.82, 2.24) is 4.40 Å². The molecule has 0 unspecified atom stereocenters. The summed E-state index contributed by atoms with van der Waals surface area (Å²) >= 11 is 0. The molecule has 0 aliphatic rings. The van der Waals surface area contributed by atoms with Gasteiger partial charge in [-0.1, -0.05) is 19.9 Å². The standard InChI is InChI=1S/C20H21NO2/c1-13(2)17-10-15(5-6-20(17)23-4)18-11-16-9-14(3)7-8-21(16)19(18)12-22/h5-13H,1-4H3. The van der Waals surface area contributed by atoms with Crippen molar-refractivity contribution in [2.24, 2.45) is 0 Å². The molecule has 0 atom stereocenters. The molecular formula is C20H21NO2. The molecule has 3 rings (SSSR count). The van der Waals surface area contributed by atoms with Crippen LogP contribution in [0.5, 0.6) is 5.75 Å². The molecule has 0 saturated heterocycles. The van der Waals surface area contributed by atoms with Crippen LogP contribution in [0, 0.1) is 6.92 Å². The number of rotatable bonds is 4. The van der Waals surface area contributed by atoms with Gasteiger partial charge in [0.15, 0.2) is 6.29 Å². The van der Waals surface area contributed by atoms with E-state index in [1.165, 1.54) is 5.56 Å². The minimum Gasteiger partial charge on any atom is -0.496 e. The first kappa shape index (κ1) is 15.3. The molecule has 0 aliphatic heterocycles. The highest BCUT2D eigenvalue weighted by molar-refractivity contribution is 5.90. The van der Waals surface area contributed by atoms with Gasteiger partial charge in [-0.3, -0.25) is 4.79 Å². The molecular weight excluding hydrogens is 286 g/mol. The van der Waals surface area contributed by atoms with Crippen molar-refractivity contribution in [2.75, 3.05) is 7.11 Å². The van der Waals surface area contributed by atoms with Gasteiger partial charge in [0.05, 0.1) is 12.8 Å². The summed E-state index contributed by atoms with van der Waals surface area (Å²) in [5, 5.41) is 0. The summed E-state index contributed by atoms with van der Waals surface area (Å²) in [7, 11) is 1.69. The first-order valence-corrected chi connectivity index (χ1v) is 7.80. The third-order valence-corrected chi connectivity index (χ3v) is 4.24. The smallest absolute Gasteiger partial charge is 0.167 e. The van der Waals surface area contributed by atoms with Crippen molar-refractivity contribution < 1.29 is 9.53 Å². The molecule has 0 radical (unpaired) electrons. The van der Waals surface area contributed by atoms with Crippen molar-refractivity contribution in [3.8, 4) is 16.9 Å². The van der Waals surface area contributed by atoms with Crippen LogP contribution >= 0.6 is 0 Å². The van der Waals surface area contributed by atoms with Crippen molar-refractivity contribution in [3.05, 3.63) is 59.4 Å². The predicted octanol–water partition coefficient (Wildman–Crippen LogP) is 4.86. The van der Waals surface area contributed by atoms with Crippen LogP contribution in [0.25, 0.3) is 16.6 Å². The molecule has 0 spiro atoms. The van der Waals surface area contributed by atoms with Gasteiger partial charge in [0.2, 0.25) is 0 Å². The number of aldehydes is 1. The Kier molecular flexibility index (Phi) is 3.95. The summed E-state index contributed by atoms with van der Waals surface area (Å²) in [6.07, 6.45) is 2.88. The SMILES string of the molecule is COc1ccc(-c2cc3cc(C)ccn3c2C=O)cc1C(C)C. The number of carbonyl (C=O) groups is 1. The largest absolute Gasteiger partial charge is 0.496 e. The number of fused-ring (bicyclic) bond motifs is 1. The Morgan fingerprint density at radius 2 is 1.91 bits per heavy atom. The molecule has 0 amide bonds. The van der Waals surface area contributed by atoms with E-state index in [1.807, 2.05) is 28.8 Å². The fourth-order valence-corrected chi connectivity index (χ4v) is 3.02. The monoisotopic (exact) mass is 307 g/mol. The quantitative estimate of drug-likeness (QED) is 0.644. The maximum Gasteiger partial charge on any atom is 0.167 e. The van der Waals surface area contributed by atoms with Gasteiger partial charge in [-0.25, -0.2) is 0 Å². The number of methoxy groups -OCH3 is 1. The zero-order chi connectivity index (χ0) is 16.6. The predicted molar refractivity (Wildman–Crippen MR) is 93.6 cm³/mol. The summed E-state index contributed by atoms with van der Waals surface area (Å²) in [5.74, 6) is 1.24. The summed E-state index contributed by atoms with van der Waals surface area (Å²) < 4.78 is 7.39. The van der Waals surface area contributed by atoms with E-state index >= 15 is 0 Å². The molecule has 0 aliphatic carbocycles. The number of aromatic nitrogens is 1. The zero-order valence-corrected chi connectivity index (χ0v) is 14.0. The van der Waals surface area contributed by atoms with Gasteiger partial charge >= 0.3 is 0 Å². The lowest BCUT2D eigenvalue weighted by Gasteiger charge is -2.13. The van der Waals surface area contributed by atoms with Crippen LogP contribution in [-0.4, -0.2) is 17.8 Å². The number of ether oxygens (including phenoxy) is 1. The second kappa shape index (κ2) is 5.92. The van der Waals surface area contributed by atoms with Gasteiger partial charge in [-0.15, -0.1) is 0 Å². The van der Waals surface area contributed by atoms with E-state index < -0.39 is 0 Å². The van der Waals surface area contributed by atoms with Crippen LogP contribution in [0.1, 0.15) is 41.4 Å². The average Bonchev–Trinajstić information content (AvgIpc) is 2.91. The van der Waals surface area contributed by atoms with Gasteiger partial charge in [0.1, 0.15) is 5.75 Å². The fraction of sp³-hybridized carbons (Fsp3) is 0.250. The summed E-state index contributed by atoms with van der Waals surface area (Å²) in [4.78, 5) is 11.7. The number of benzene rings is 1. The lowest BCUT2D eigenvalue weighted by atomic mass is 9.96. The van der Waals surface area contributed by atoms with Crippen LogP contribution in [0.4, 0.5) is 0 Å². The third-order valence-electron chi connectivity index (χ3n) is 4.24. The van der Waals surface area contributed by atoms with E-state index in [4.69, 9.17) is 4.74 Å². The molecule has 0 bridgehead atoms. The number of nitrogens with zero attached hydrogens (tertiary/aromatic N) is 1. The van der Waals surface area contributed by atoms with E-state index in [2.05, 4.69) is 39.0 Å². The highest BCUT2D eigenvalue weighted by atomic mass is 16.5. The maximum absolute atomic E-state index is 11.7. The molecule has 118 valence electrons. The molecule has 23 heavy (non-hydrogen) atoms. The Balaban J connectivity index is 2.24. The zero-order valence-electron chi connectivity index (χ0n) is 14.0. The highest BCUT2D eigenvalue weighted by Gasteiger charge is 2.15. The normalized spacial score (nSPS) is 11.2. The Labute approximate surface area is 136 Å². The molecule has 0 N–H and O–H groups in total. The first-order valence-electron chi connectivity index (χ1n) is 7.80. The van der Waals surface area contributed by atoms with E-state index in [0.717, 1.165) is 34.2 Å². The third kappa shape index (κ3) is 2.63. The van der Waals surface area contributed by atoms with E-state index in [1.54, 1.807) is 7.11 Å². The van der Waals surface area contributed by atoms with E-state index in [-0.39, 0.29) is 0 Å². The maximum atomic E-state index is 11.7. The fourth-order valence-electron chi connectivity index (χ4n) is 3.02. The van der Waals surface area contributed by atoms with Gasteiger partial charge in [-0.2, -0.15) is 0 Å². The van der Waals surface area contributed by atoms with Gasteiger partial charge < -0.3 is 9.14 Å². The first-order chi connectivity index (χ1) is 11.0. The van der Waals surface area contributed by atoms with Gasteiger partial charge in [-0.05, 0) is 59.9 Å². The van der Waals surface area contributed by atoms with Crippen LogP contribution in [0.2, 0.25) is 0 Å². The van der Waals surface area contributed by atoms with Gasteiger partial charge in [0.25, 0.3) is 0 Å². The lowest BCUT2D eigenvalue weighted by Crippen LogP contribution is -1.96. The van der Waals surface area contributed by atoms with Crippen molar-refractivity contribution in [3.63, 3.8) is 0 Å². The van der Waals surface area contributed by atoms with Crippen LogP contribution in [0.3, 0.4) is 0 Å². The van der Waals surface area contributed by atoms with E-state index in [0.29, 0.717) is 11.6 Å². The summed E-state index contributed by atoms with van der Waals surface area (Å²) in [6, 6.07) is 12.3. The van der Waals surface area contributed by atoms with Crippen LogP contribution in [0.15, 0.2) is 42.6 Å². The highest BCUT2D eigenvalue weighted by Crippen LogP contribution is 2.34.